The summed E-state index contributed by atoms with van der Waals surface area (Å²) in [6.07, 6.45) is 1.63. The van der Waals surface area contributed by atoms with Crippen molar-refractivity contribution in [1.29, 1.82) is 0 Å². The fourth-order valence-corrected chi connectivity index (χ4v) is 2.52. The van der Waals surface area contributed by atoms with Crippen LogP contribution in [0.1, 0.15) is 0 Å². The van der Waals surface area contributed by atoms with E-state index in [1.54, 1.807) is 24.4 Å². The Balaban J connectivity index is 1.82. The molecule has 4 rings (SSSR count). The lowest BCUT2D eigenvalue weighted by Gasteiger charge is -2.18. The van der Waals surface area contributed by atoms with Gasteiger partial charge in [0, 0.05) is 5.56 Å². The molecule has 110 valence electrons. The highest BCUT2D eigenvalue weighted by molar-refractivity contribution is 5.82. The number of rotatable bonds is 2. The van der Waals surface area contributed by atoms with E-state index in [1.165, 1.54) is 0 Å². The van der Waals surface area contributed by atoms with Gasteiger partial charge in [-0.3, -0.25) is 0 Å². The van der Waals surface area contributed by atoms with Gasteiger partial charge in [-0.1, -0.05) is 23.4 Å². The van der Waals surface area contributed by atoms with Crippen LogP contribution >= 0.6 is 0 Å². The Kier molecular flexibility index (Phi) is 2.96. The molecule has 1 aromatic heterocycles. The summed E-state index contributed by atoms with van der Waals surface area (Å²) in [5.74, 6) is 2.11. The first-order valence-corrected chi connectivity index (χ1v) is 6.96. The summed E-state index contributed by atoms with van der Waals surface area (Å²) < 4.78 is 16.5. The second-order valence-electron chi connectivity index (χ2n) is 4.94. The average molecular weight is 295 g/mol. The predicted octanol–water partition coefficient (Wildman–Crippen LogP) is 3.49. The number of aromatic hydroxyl groups is 1. The molecule has 0 atom stereocenters. The fraction of sp³-hybridized carbons (Fsp3) is 0.118. The van der Waals surface area contributed by atoms with Crippen molar-refractivity contribution in [2.45, 2.75) is 0 Å². The maximum Gasteiger partial charge on any atom is 0.178 e. The number of ether oxygens (including phenoxy) is 2. The molecule has 0 radical (unpaired) electrons. The van der Waals surface area contributed by atoms with Gasteiger partial charge in [0.1, 0.15) is 19.0 Å². The van der Waals surface area contributed by atoms with Gasteiger partial charge in [0.15, 0.2) is 17.3 Å². The third kappa shape index (κ3) is 2.07. The van der Waals surface area contributed by atoms with E-state index in [-0.39, 0.29) is 5.75 Å². The van der Waals surface area contributed by atoms with Crippen molar-refractivity contribution in [1.82, 2.24) is 5.16 Å². The zero-order valence-corrected chi connectivity index (χ0v) is 11.7. The standard InChI is InChI=1S/C17H13NO4/c19-14-4-2-1-3-12(14)17-13(10-18-22-17)11-5-6-15-16(9-11)21-8-7-20-15/h1-6,9-10,19H,7-8H2. The van der Waals surface area contributed by atoms with Crippen LogP contribution in [0.3, 0.4) is 0 Å². The molecule has 0 saturated heterocycles. The zero-order valence-electron chi connectivity index (χ0n) is 11.7. The minimum absolute atomic E-state index is 0.151. The van der Waals surface area contributed by atoms with Gasteiger partial charge in [-0.2, -0.15) is 0 Å². The van der Waals surface area contributed by atoms with E-state index in [0.29, 0.717) is 30.3 Å². The van der Waals surface area contributed by atoms with Crippen molar-refractivity contribution >= 4 is 0 Å². The molecular formula is C17H13NO4. The summed E-state index contributed by atoms with van der Waals surface area (Å²) in [6.45, 7) is 1.09. The van der Waals surface area contributed by atoms with Crippen molar-refractivity contribution in [2.24, 2.45) is 0 Å². The summed E-state index contributed by atoms with van der Waals surface area (Å²) in [5.41, 5.74) is 2.28. The number of benzene rings is 2. The molecular weight excluding hydrogens is 282 g/mol. The van der Waals surface area contributed by atoms with Crippen molar-refractivity contribution in [3.05, 3.63) is 48.7 Å². The average Bonchev–Trinajstić information content (AvgIpc) is 3.04. The molecule has 0 aliphatic carbocycles. The fourth-order valence-electron chi connectivity index (χ4n) is 2.52. The summed E-state index contributed by atoms with van der Waals surface area (Å²) in [6, 6.07) is 12.7. The van der Waals surface area contributed by atoms with Gasteiger partial charge in [0.2, 0.25) is 0 Å². The largest absolute Gasteiger partial charge is 0.507 e. The number of fused-ring (bicyclic) bond motifs is 1. The Bertz CT molecular complexity index is 825. The molecule has 22 heavy (non-hydrogen) atoms. The van der Waals surface area contributed by atoms with Gasteiger partial charge in [-0.05, 0) is 29.8 Å². The maximum atomic E-state index is 10.0. The highest BCUT2D eigenvalue weighted by Crippen LogP contribution is 2.40. The first-order chi connectivity index (χ1) is 10.8. The van der Waals surface area contributed by atoms with E-state index in [9.17, 15) is 5.11 Å². The number of para-hydroxylation sites is 1. The molecule has 0 amide bonds. The Hall–Kier alpha value is -2.95. The van der Waals surface area contributed by atoms with Crippen molar-refractivity contribution in [2.75, 3.05) is 13.2 Å². The predicted molar refractivity (Wildman–Crippen MR) is 80.0 cm³/mol. The number of hydrogen-bond acceptors (Lipinski definition) is 5. The van der Waals surface area contributed by atoms with Crippen LogP contribution in [0.25, 0.3) is 22.5 Å². The third-order valence-corrected chi connectivity index (χ3v) is 3.57. The molecule has 1 aliphatic heterocycles. The van der Waals surface area contributed by atoms with Crippen LogP contribution in [0.2, 0.25) is 0 Å². The van der Waals surface area contributed by atoms with Gasteiger partial charge in [0.05, 0.1) is 11.8 Å². The van der Waals surface area contributed by atoms with Crippen LogP contribution in [0.5, 0.6) is 17.2 Å². The molecule has 1 aliphatic rings. The number of hydrogen-bond donors (Lipinski definition) is 1. The van der Waals surface area contributed by atoms with Crippen LogP contribution < -0.4 is 9.47 Å². The third-order valence-electron chi connectivity index (χ3n) is 3.57. The summed E-state index contributed by atoms with van der Waals surface area (Å²) in [5, 5.41) is 13.9. The molecule has 0 spiro atoms. The van der Waals surface area contributed by atoms with Crippen LogP contribution in [0, 0.1) is 0 Å². The van der Waals surface area contributed by atoms with Gasteiger partial charge in [-0.25, -0.2) is 0 Å². The number of phenolic OH excluding ortho intramolecular Hbond substituents is 1. The van der Waals surface area contributed by atoms with Crippen molar-refractivity contribution < 1.29 is 19.1 Å². The molecule has 0 bridgehead atoms. The van der Waals surface area contributed by atoms with Gasteiger partial charge >= 0.3 is 0 Å². The van der Waals surface area contributed by atoms with Crippen molar-refractivity contribution in [3.8, 4) is 39.7 Å². The van der Waals surface area contributed by atoms with E-state index >= 15 is 0 Å². The monoisotopic (exact) mass is 295 g/mol. The first-order valence-electron chi connectivity index (χ1n) is 6.96. The molecule has 0 fully saturated rings. The van der Waals surface area contributed by atoms with Crippen LogP contribution in [-0.2, 0) is 0 Å². The Morgan fingerprint density at radius 1 is 0.909 bits per heavy atom. The minimum atomic E-state index is 0.151. The molecule has 5 heteroatoms. The van der Waals surface area contributed by atoms with Gasteiger partial charge in [0.25, 0.3) is 0 Å². The smallest absolute Gasteiger partial charge is 0.178 e. The number of aromatic nitrogens is 1. The lowest BCUT2D eigenvalue weighted by molar-refractivity contribution is 0.171. The molecule has 5 nitrogen and oxygen atoms in total. The van der Waals surface area contributed by atoms with Crippen LogP contribution in [0.15, 0.2) is 53.2 Å². The lowest BCUT2D eigenvalue weighted by atomic mass is 10.0. The minimum Gasteiger partial charge on any atom is -0.507 e. The summed E-state index contributed by atoms with van der Waals surface area (Å²) >= 11 is 0. The molecule has 0 saturated carbocycles. The summed E-state index contributed by atoms with van der Waals surface area (Å²) in [4.78, 5) is 0. The lowest BCUT2D eigenvalue weighted by Crippen LogP contribution is -2.15. The normalized spacial score (nSPS) is 13.1. The first kappa shape index (κ1) is 12.8. The highest BCUT2D eigenvalue weighted by atomic mass is 16.6. The summed E-state index contributed by atoms with van der Waals surface area (Å²) in [7, 11) is 0. The maximum absolute atomic E-state index is 10.0. The molecule has 2 aromatic carbocycles. The molecule has 2 heterocycles. The second kappa shape index (κ2) is 5.11. The Labute approximate surface area is 126 Å². The van der Waals surface area contributed by atoms with Gasteiger partial charge in [-0.15, -0.1) is 0 Å². The molecule has 3 aromatic rings. The quantitative estimate of drug-likeness (QED) is 0.784. The zero-order chi connectivity index (χ0) is 14.9. The Morgan fingerprint density at radius 2 is 1.73 bits per heavy atom. The SMILES string of the molecule is Oc1ccccc1-c1oncc1-c1ccc2c(c1)OCCO2. The molecule has 0 unspecified atom stereocenters. The topological polar surface area (TPSA) is 64.7 Å². The molecule has 1 N–H and O–H groups in total. The van der Waals surface area contributed by atoms with Crippen molar-refractivity contribution in [3.63, 3.8) is 0 Å². The van der Waals surface area contributed by atoms with E-state index in [0.717, 1.165) is 16.9 Å². The van der Waals surface area contributed by atoms with E-state index in [1.807, 2.05) is 24.3 Å². The number of phenols is 1. The number of nitrogens with zero attached hydrogens (tertiary/aromatic N) is 1. The Morgan fingerprint density at radius 3 is 2.59 bits per heavy atom. The van der Waals surface area contributed by atoms with Crippen LogP contribution in [-0.4, -0.2) is 23.5 Å². The highest BCUT2D eigenvalue weighted by Gasteiger charge is 2.18. The van der Waals surface area contributed by atoms with E-state index < -0.39 is 0 Å². The van der Waals surface area contributed by atoms with E-state index in [2.05, 4.69) is 5.16 Å². The van der Waals surface area contributed by atoms with E-state index in [4.69, 9.17) is 14.0 Å². The van der Waals surface area contributed by atoms with Crippen LogP contribution in [0.4, 0.5) is 0 Å². The second-order valence-corrected chi connectivity index (χ2v) is 4.94. The van der Waals surface area contributed by atoms with Gasteiger partial charge < -0.3 is 19.1 Å².